The molecular weight excluding hydrogens is 232 g/mol. The Bertz CT molecular complexity index is 601. The van der Waals surface area contributed by atoms with E-state index >= 15 is 0 Å². The molecule has 1 amide bonds. The van der Waals surface area contributed by atoms with Gasteiger partial charge in [0.05, 0.1) is 42.2 Å². The van der Waals surface area contributed by atoms with Gasteiger partial charge in [0.15, 0.2) is 0 Å². The van der Waals surface area contributed by atoms with Gasteiger partial charge in [0.25, 0.3) is 5.91 Å². The van der Waals surface area contributed by atoms with Gasteiger partial charge in [-0.05, 0) is 6.42 Å². The van der Waals surface area contributed by atoms with E-state index in [1.807, 2.05) is 6.92 Å². The van der Waals surface area contributed by atoms with Crippen molar-refractivity contribution in [2.75, 3.05) is 13.1 Å². The standard InChI is InChI=1S/C12H14N4O2/c1-2-12(18)7-15(8-12)11(17)9-5-14-16-4-3-13-6-10(9)16/h3-6,18H,2,7-8H2,1H3. The summed E-state index contributed by atoms with van der Waals surface area (Å²) in [5, 5.41) is 14.0. The summed E-state index contributed by atoms with van der Waals surface area (Å²) in [7, 11) is 0. The molecular formula is C12H14N4O2. The largest absolute Gasteiger partial charge is 0.386 e. The smallest absolute Gasteiger partial charge is 0.257 e. The monoisotopic (exact) mass is 246 g/mol. The highest BCUT2D eigenvalue weighted by Crippen LogP contribution is 2.26. The summed E-state index contributed by atoms with van der Waals surface area (Å²) in [6.07, 6.45) is 7.14. The molecule has 3 heterocycles. The molecule has 0 spiro atoms. The Morgan fingerprint density at radius 1 is 1.50 bits per heavy atom. The second-order valence-corrected chi connectivity index (χ2v) is 4.70. The Labute approximate surface area is 104 Å². The van der Waals surface area contributed by atoms with Crippen LogP contribution in [0.1, 0.15) is 23.7 Å². The maximum Gasteiger partial charge on any atom is 0.257 e. The number of hydrogen-bond acceptors (Lipinski definition) is 4. The van der Waals surface area contributed by atoms with Gasteiger partial charge in [0.2, 0.25) is 0 Å². The summed E-state index contributed by atoms with van der Waals surface area (Å²) in [4.78, 5) is 17.9. The number of aliphatic hydroxyl groups is 1. The van der Waals surface area contributed by atoms with E-state index in [1.165, 1.54) is 0 Å². The lowest BCUT2D eigenvalue weighted by molar-refractivity contribution is -0.0825. The molecule has 0 unspecified atom stereocenters. The first kappa shape index (κ1) is 11.2. The van der Waals surface area contributed by atoms with Gasteiger partial charge in [-0.15, -0.1) is 0 Å². The number of carbonyl (C=O) groups excluding carboxylic acids is 1. The topological polar surface area (TPSA) is 70.7 Å². The van der Waals surface area contributed by atoms with Gasteiger partial charge in [0, 0.05) is 12.4 Å². The van der Waals surface area contributed by atoms with Crippen molar-refractivity contribution in [2.45, 2.75) is 18.9 Å². The molecule has 0 aromatic carbocycles. The quantitative estimate of drug-likeness (QED) is 0.828. The van der Waals surface area contributed by atoms with Crippen molar-refractivity contribution in [1.29, 1.82) is 0 Å². The zero-order chi connectivity index (χ0) is 12.8. The average Bonchev–Trinajstić information content (AvgIpc) is 2.78. The lowest BCUT2D eigenvalue weighted by atomic mass is 9.91. The summed E-state index contributed by atoms with van der Waals surface area (Å²) in [5.41, 5.74) is 0.507. The normalized spacial score (nSPS) is 17.8. The Balaban J connectivity index is 1.86. The summed E-state index contributed by atoms with van der Waals surface area (Å²) >= 11 is 0. The molecule has 2 aromatic rings. The van der Waals surface area contributed by atoms with Crippen molar-refractivity contribution >= 4 is 11.4 Å². The highest BCUT2D eigenvalue weighted by atomic mass is 16.3. The number of rotatable bonds is 2. The third-order valence-electron chi connectivity index (χ3n) is 3.47. The SMILES string of the molecule is CCC1(O)CN(C(=O)c2cnn3ccncc23)C1. The van der Waals surface area contributed by atoms with E-state index < -0.39 is 5.60 Å². The molecule has 1 aliphatic heterocycles. The second kappa shape index (κ2) is 3.78. The molecule has 1 N–H and O–H groups in total. The molecule has 1 fully saturated rings. The van der Waals surface area contributed by atoms with Crippen LogP contribution in [-0.2, 0) is 0 Å². The predicted molar refractivity (Wildman–Crippen MR) is 64.1 cm³/mol. The lowest BCUT2D eigenvalue weighted by Gasteiger charge is -2.45. The van der Waals surface area contributed by atoms with Gasteiger partial charge in [-0.25, -0.2) is 4.52 Å². The van der Waals surface area contributed by atoms with Gasteiger partial charge >= 0.3 is 0 Å². The van der Waals surface area contributed by atoms with Crippen LogP contribution in [0.5, 0.6) is 0 Å². The zero-order valence-corrected chi connectivity index (χ0v) is 10.1. The minimum atomic E-state index is -0.711. The average molecular weight is 246 g/mol. The van der Waals surface area contributed by atoms with Crippen molar-refractivity contribution in [1.82, 2.24) is 19.5 Å². The maximum atomic E-state index is 12.2. The molecule has 2 aromatic heterocycles. The Kier molecular flexibility index (Phi) is 2.34. The molecule has 0 bridgehead atoms. The first-order valence-electron chi connectivity index (χ1n) is 5.92. The predicted octanol–water partition coefficient (Wildman–Crippen LogP) is 0.326. The molecule has 6 nitrogen and oxygen atoms in total. The number of amides is 1. The number of nitrogens with zero attached hydrogens (tertiary/aromatic N) is 4. The number of β-amino-alcohol motifs (C(OH)–C–C–N with tert-alkyl or cyclic N) is 1. The second-order valence-electron chi connectivity index (χ2n) is 4.70. The molecule has 6 heteroatoms. The van der Waals surface area contributed by atoms with Crippen LogP contribution in [0.15, 0.2) is 24.8 Å². The molecule has 0 aliphatic carbocycles. The van der Waals surface area contributed by atoms with Gasteiger partial charge in [-0.1, -0.05) is 6.92 Å². The van der Waals surface area contributed by atoms with Crippen molar-refractivity contribution in [3.8, 4) is 0 Å². The van der Waals surface area contributed by atoms with Crippen molar-refractivity contribution < 1.29 is 9.90 Å². The third kappa shape index (κ3) is 1.57. The van der Waals surface area contributed by atoms with Crippen molar-refractivity contribution in [3.63, 3.8) is 0 Å². The van der Waals surface area contributed by atoms with Crippen LogP contribution in [0.3, 0.4) is 0 Å². The van der Waals surface area contributed by atoms with E-state index in [0.717, 1.165) is 0 Å². The van der Waals surface area contributed by atoms with Crippen LogP contribution in [-0.4, -0.2) is 49.2 Å². The molecule has 0 atom stereocenters. The fraction of sp³-hybridized carbons (Fsp3) is 0.417. The molecule has 94 valence electrons. The van der Waals surface area contributed by atoms with Crippen molar-refractivity contribution in [3.05, 3.63) is 30.4 Å². The maximum absolute atomic E-state index is 12.2. The van der Waals surface area contributed by atoms with Gasteiger partial charge in [-0.2, -0.15) is 5.10 Å². The molecule has 1 saturated heterocycles. The first-order valence-corrected chi connectivity index (χ1v) is 5.92. The number of hydrogen-bond donors (Lipinski definition) is 1. The molecule has 18 heavy (non-hydrogen) atoms. The van der Waals surface area contributed by atoms with Crippen LogP contribution in [0.25, 0.3) is 5.52 Å². The fourth-order valence-electron chi connectivity index (χ4n) is 2.20. The zero-order valence-electron chi connectivity index (χ0n) is 10.1. The van der Waals surface area contributed by atoms with E-state index in [0.29, 0.717) is 30.6 Å². The van der Waals surface area contributed by atoms with Crippen LogP contribution in [0.2, 0.25) is 0 Å². The molecule has 0 radical (unpaired) electrons. The van der Waals surface area contributed by atoms with Crippen LogP contribution < -0.4 is 0 Å². The third-order valence-corrected chi connectivity index (χ3v) is 3.47. The van der Waals surface area contributed by atoms with Crippen LogP contribution >= 0.6 is 0 Å². The molecule has 0 saturated carbocycles. The van der Waals surface area contributed by atoms with Gasteiger partial charge in [0.1, 0.15) is 0 Å². The highest BCUT2D eigenvalue weighted by Gasteiger charge is 2.42. The summed E-state index contributed by atoms with van der Waals surface area (Å²) in [5.74, 6) is -0.101. The van der Waals surface area contributed by atoms with Gasteiger partial charge < -0.3 is 10.0 Å². The minimum Gasteiger partial charge on any atom is -0.386 e. The number of likely N-dealkylation sites (tertiary alicyclic amines) is 1. The number of fused-ring (bicyclic) bond motifs is 1. The van der Waals surface area contributed by atoms with E-state index in [9.17, 15) is 9.90 Å². The van der Waals surface area contributed by atoms with E-state index in [4.69, 9.17) is 0 Å². The minimum absolute atomic E-state index is 0.101. The Hall–Kier alpha value is -1.95. The molecule has 1 aliphatic rings. The van der Waals surface area contributed by atoms with E-state index in [1.54, 1.807) is 34.2 Å². The van der Waals surface area contributed by atoms with Crippen LogP contribution in [0, 0.1) is 0 Å². The Morgan fingerprint density at radius 2 is 2.28 bits per heavy atom. The van der Waals surface area contributed by atoms with E-state index in [-0.39, 0.29) is 5.91 Å². The van der Waals surface area contributed by atoms with Crippen molar-refractivity contribution in [2.24, 2.45) is 0 Å². The summed E-state index contributed by atoms with van der Waals surface area (Å²) < 4.78 is 1.62. The first-order chi connectivity index (χ1) is 8.63. The Morgan fingerprint density at radius 3 is 3.00 bits per heavy atom. The molecule has 3 rings (SSSR count). The fourth-order valence-corrected chi connectivity index (χ4v) is 2.20. The summed E-state index contributed by atoms with van der Waals surface area (Å²) in [6.45, 7) is 2.70. The van der Waals surface area contributed by atoms with E-state index in [2.05, 4.69) is 10.1 Å². The highest BCUT2D eigenvalue weighted by molar-refractivity contribution is 6.00. The van der Waals surface area contributed by atoms with Gasteiger partial charge in [-0.3, -0.25) is 9.78 Å². The number of carbonyl (C=O) groups is 1. The summed E-state index contributed by atoms with van der Waals surface area (Å²) in [6, 6.07) is 0. The van der Waals surface area contributed by atoms with Crippen LogP contribution in [0.4, 0.5) is 0 Å². The number of aromatic nitrogens is 3. The lowest BCUT2D eigenvalue weighted by Crippen LogP contribution is -2.63.